The molecule has 0 aliphatic heterocycles. The van der Waals surface area contributed by atoms with Crippen LogP contribution in [0.4, 0.5) is 11.4 Å². The molecule has 0 N–H and O–H groups in total. The summed E-state index contributed by atoms with van der Waals surface area (Å²) in [5, 5.41) is 9.28. The molecule has 0 aliphatic rings. The van der Waals surface area contributed by atoms with E-state index in [9.17, 15) is 13.7 Å². The summed E-state index contributed by atoms with van der Waals surface area (Å²) in [6.45, 7) is 7.19. The van der Waals surface area contributed by atoms with Gasteiger partial charge in [-0.1, -0.05) is 18.7 Å². The number of hydrogen-bond donors (Lipinski definition) is 0. The molecule has 0 spiro atoms. The van der Waals surface area contributed by atoms with Crippen LogP contribution in [0.1, 0.15) is 18.1 Å². The highest BCUT2D eigenvalue weighted by atomic mass is 32.2. The van der Waals surface area contributed by atoms with Crippen LogP contribution in [0.2, 0.25) is 0 Å². The summed E-state index contributed by atoms with van der Waals surface area (Å²) < 4.78 is 30.0. The number of benzene rings is 2. The second-order valence-electron chi connectivity index (χ2n) is 6.38. The van der Waals surface area contributed by atoms with E-state index in [4.69, 9.17) is 4.74 Å². The molecule has 0 atom stereocenters. The van der Waals surface area contributed by atoms with Crippen molar-refractivity contribution in [2.75, 3.05) is 36.2 Å². The normalized spacial score (nSPS) is 10.8. The first kappa shape index (κ1) is 21.3. The lowest BCUT2D eigenvalue weighted by Gasteiger charge is -2.26. The summed E-state index contributed by atoms with van der Waals surface area (Å²) in [7, 11) is -0.168. The first-order valence-electron chi connectivity index (χ1n) is 8.76. The van der Waals surface area contributed by atoms with Crippen molar-refractivity contribution >= 4 is 27.0 Å². The lowest BCUT2D eigenvalue weighted by Crippen LogP contribution is -2.25. The van der Waals surface area contributed by atoms with Gasteiger partial charge in [-0.15, -0.1) is 0 Å². The van der Waals surface area contributed by atoms with E-state index in [1.165, 1.54) is 17.6 Å². The van der Waals surface area contributed by atoms with Gasteiger partial charge in [0.2, 0.25) is 10.0 Å². The SMILES string of the molecule is C=C(C#N)c1ccc(OC)cc1N(CC)Cc1ccc(N(C)S(C)(=O)=O)cc1. The summed E-state index contributed by atoms with van der Waals surface area (Å²) in [6, 6.07) is 15.0. The maximum atomic E-state index is 11.7. The third kappa shape index (κ3) is 4.84. The fourth-order valence-electron chi connectivity index (χ4n) is 2.81. The number of ether oxygens (including phenoxy) is 1. The van der Waals surface area contributed by atoms with Crippen molar-refractivity contribution < 1.29 is 13.2 Å². The number of nitrogens with zero attached hydrogens (tertiary/aromatic N) is 3. The fourth-order valence-corrected chi connectivity index (χ4v) is 3.31. The summed E-state index contributed by atoms with van der Waals surface area (Å²) in [4.78, 5) is 2.12. The van der Waals surface area contributed by atoms with Gasteiger partial charge in [0, 0.05) is 37.5 Å². The summed E-state index contributed by atoms with van der Waals surface area (Å²) >= 11 is 0. The predicted octanol–water partition coefficient (Wildman–Crippen LogP) is 3.65. The molecule has 2 aromatic rings. The minimum atomic E-state index is -3.30. The van der Waals surface area contributed by atoms with Gasteiger partial charge in [0.1, 0.15) is 5.75 Å². The Morgan fingerprint density at radius 1 is 1.21 bits per heavy atom. The van der Waals surface area contributed by atoms with Crippen molar-refractivity contribution in [1.29, 1.82) is 5.26 Å². The zero-order valence-corrected chi connectivity index (χ0v) is 17.5. The van der Waals surface area contributed by atoms with E-state index in [0.29, 0.717) is 30.1 Å². The average molecular weight is 400 g/mol. The molecule has 0 aromatic heterocycles. The molecule has 0 aliphatic carbocycles. The van der Waals surface area contributed by atoms with Gasteiger partial charge in [-0.2, -0.15) is 5.26 Å². The highest BCUT2D eigenvalue weighted by Crippen LogP contribution is 2.31. The van der Waals surface area contributed by atoms with Crippen molar-refractivity contribution in [2.24, 2.45) is 0 Å². The zero-order valence-electron chi connectivity index (χ0n) is 16.6. The molecule has 0 bridgehead atoms. The van der Waals surface area contributed by atoms with E-state index in [1.807, 2.05) is 37.3 Å². The molecule has 7 heteroatoms. The lowest BCUT2D eigenvalue weighted by atomic mass is 10.0. The Morgan fingerprint density at radius 3 is 2.36 bits per heavy atom. The average Bonchev–Trinajstić information content (AvgIpc) is 2.70. The second-order valence-corrected chi connectivity index (χ2v) is 8.40. The molecule has 148 valence electrons. The van der Waals surface area contributed by atoms with Gasteiger partial charge in [0.05, 0.1) is 30.7 Å². The molecule has 2 rings (SSSR count). The molecule has 0 amide bonds. The van der Waals surface area contributed by atoms with Gasteiger partial charge in [0.25, 0.3) is 0 Å². The van der Waals surface area contributed by atoms with E-state index >= 15 is 0 Å². The van der Waals surface area contributed by atoms with Gasteiger partial charge < -0.3 is 9.64 Å². The van der Waals surface area contributed by atoms with Crippen LogP contribution >= 0.6 is 0 Å². The zero-order chi connectivity index (χ0) is 20.9. The fraction of sp³-hybridized carbons (Fsp3) is 0.286. The molecule has 0 radical (unpaired) electrons. The van der Waals surface area contributed by atoms with Crippen LogP contribution in [0.5, 0.6) is 5.75 Å². The standard InChI is InChI=1S/C21H25N3O3S/c1-6-24(21-13-19(27-4)11-12-20(21)16(2)14-22)15-17-7-9-18(10-8-17)23(3)28(5,25)26/h7-13H,2,6,15H2,1,3-5H3. The van der Waals surface area contributed by atoms with Crippen molar-refractivity contribution in [2.45, 2.75) is 13.5 Å². The van der Waals surface area contributed by atoms with E-state index in [2.05, 4.69) is 17.5 Å². The van der Waals surface area contributed by atoms with Crippen LogP contribution < -0.4 is 13.9 Å². The molecule has 0 heterocycles. The van der Waals surface area contributed by atoms with Crippen molar-refractivity contribution in [3.8, 4) is 11.8 Å². The third-order valence-electron chi connectivity index (χ3n) is 4.56. The number of rotatable bonds is 8. The number of methoxy groups -OCH3 is 1. The third-order valence-corrected chi connectivity index (χ3v) is 5.76. The summed E-state index contributed by atoms with van der Waals surface area (Å²) in [5.74, 6) is 0.702. The van der Waals surface area contributed by atoms with E-state index in [-0.39, 0.29) is 0 Å². The number of allylic oxidation sites excluding steroid dienone is 1. The Kier molecular flexibility index (Phi) is 6.71. The van der Waals surface area contributed by atoms with Gasteiger partial charge >= 0.3 is 0 Å². The van der Waals surface area contributed by atoms with Crippen molar-refractivity contribution in [3.05, 3.63) is 60.2 Å². The summed E-state index contributed by atoms with van der Waals surface area (Å²) in [6.07, 6.45) is 1.17. The quantitative estimate of drug-likeness (QED) is 0.634. The Labute approximate surface area is 167 Å². The number of hydrogen-bond acceptors (Lipinski definition) is 5. The Balaban J connectivity index is 2.35. The Hall–Kier alpha value is -2.98. The molecular weight excluding hydrogens is 374 g/mol. The smallest absolute Gasteiger partial charge is 0.231 e. The molecule has 0 saturated carbocycles. The minimum absolute atomic E-state index is 0.390. The van der Waals surface area contributed by atoms with Gasteiger partial charge in [0.15, 0.2) is 0 Å². The largest absolute Gasteiger partial charge is 0.497 e. The number of nitriles is 1. The first-order chi connectivity index (χ1) is 13.2. The molecule has 6 nitrogen and oxygen atoms in total. The van der Waals surface area contributed by atoms with Crippen molar-refractivity contribution in [3.63, 3.8) is 0 Å². The molecular formula is C21H25N3O3S. The topological polar surface area (TPSA) is 73.6 Å². The van der Waals surface area contributed by atoms with Gasteiger partial charge in [-0.05, 0) is 36.8 Å². The van der Waals surface area contributed by atoms with E-state index in [1.54, 1.807) is 19.2 Å². The van der Waals surface area contributed by atoms with Crippen LogP contribution in [-0.2, 0) is 16.6 Å². The highest BCUT2D eigenvalue weighted by Gasteiger charge is 2.15. The van der Waals surface area contributed by atoms with E-state index in [0.717, 1.165) is 16.8 Å². The lowest BCUT2D eigenvalue weighted by molar-refractivity contribution is 0.414. The maximum Gasteiger partial charge on any atom is 0.231 e. The van der Waals surface area contributed by atoms with Gasteiger partial charge in [-0.25, -0.2) is 8.42 Å². The Bertz CT molecular complexity index is 993. The number of sulfonamides is 1. The molecule has 0 saturated heterocycles. The van der Waals surface area contributed by atoms with Crippen LogP contribution in [0.3, 0.4) is 0 Å². The second kappa shape index (κ2) is 8.81. The van der Waals surface area contributed by atoms with Crippen LogP contribution in [0.25, 0.3) is 5.57 Å². The Morgan fingerprint density at radius 2 is 1.86 bits per heavy atom. The molecule has 0 unspecified atom stereocenters. The van der Waals surface area contributed by atoms with Crippen LogP contribution in [0, 0.1) is 11.3 Å². The van der Waals surface area contributed by atoms with Crippen LogP contribution in [0.15, 0.2) is 49.0 Å². The first-order valence-corrected chi connectivity index (χ1v) is 10.6. The monoisotopic (exact) mass is 399 g/mol. The van der Waals surface area contributed by atoms with Crippen LogP contribution in [-0.4, -0.2) is 35.4 Å². The molecule has 2 aromatic carbocycles. The minimum Gasteiger partial charge on any atom is -0.497 e. The van der Waals surface area contributed by atoms with E-state index < -0.39 is 10.0 Å². The number of anilines is 2. The highest BCUT2D eigenvalue weighted by molar-refractivity contribution is 7.92. The molecule has 28 heavy (non-hydrogen) atoms. The maximum absolute atomic E-state index is 11.7. The molecule has 0 fully saturated rings. The predicted molar refractivity (Wildman–Crippen MR) is 114 cm³/mol. The van der Waals surface area contributed by atoms with Gasteiger partial charge in [-0.3, -0.25) is 4.31 Å². The summed E-state index contributed by atoms with van der Waals surface area (Å²) in [5.41, 5.74) is 3.64. The van der Waals surface area contributed by atoms with Crippen molar-refractivity contribution in [1.82, 2.24) is 0 Å².